The minimum Gasteiger partial charge on any atom is -0.326 e. The van der Waals surface area contributed by atoms with Gasteiger partial charge in [-0.05, 0) is 43.3 Å². The van der Waals surface area contributed by atoms with Gasteiger partial charge in [-0.1, -0.05) is 12.1 Å². The molecule has 0 aliphatic carbocycles. The van der Waals surface area contributed by atoms with Crippen LogP contribution < -0.4 is 5.32 Å². The Morgan fingerprint density at radius 3 is 2.41 bits per heavy atom. The Hall–Kier alpha value is -2.95. The second-order valence-corrected chi connectivity index (χ2v) is 5.05. The number of carbonyl (C=O) groups excluding carboxylic acids is 2. The quantitative estimate of drug-likeness (QED) is 0.790. The van der Waals surface area contributed by atoms with E-state index in [1.807, 2.05) is 31.2 Å². The number of imidazole rings is 1. The molecule has 0 radical (unpaired) electrons. The maximum absolute atomic E-state index is 12.7. The van der Waals surface area contributed by atoms with E-state index >= 15 is 0 Å². The molecular weight excluding hydrogens is 278 g/mol. The van der Waals surface area contributed by atoms with Crippen LogP contribution in [-0.4, -0.2) is 21.4 Å². The molecule has 0 aliphatic rings. The highest BCUT2D eigenvalue weighted by atomic mass is 16.2. The van der Waals surface area contributed by atoms with Crippen molar-refractivity contribution in [1.29, 1.82) is 0 Å². The Bertz CT molecular complexity index is 863. The lowest BCUT2D eigenvalue weighted by Crippen LogP contribution is -2.14. The first kappa shape index (κ1) is 14.0. The molecule has 0 unspecified atom stereocenters. The van der Waals surface area contributed by atoms with Crippen molar-refractivity contribution in [3.05, 3.63) is 59.9 Å². The molecule has 2 aromatic carbocycles. The summed E-state index contributed by atoms with van der Waals surface area (Å²) in [7, 11) is 0. The number of rotatable bonds is 2. The highest BCUT2D eigenvalue weighted by Gasteiger charge is 2.15. The first-order valence-corrected chi connectivity index (χ1v) is 6.92. The van der Waals surface area contributed by atoms with Crippen molar-refractivity contribution in [2.75, 3.05) is 5.32 Å². The first-order chi connectivity index (χ1) is 10.6. The average Bonchev–Trinajstić information content (AvgIpc) is 2.82. The van der Waals surface area contributed by atoms with E-state index in [1.54, 1.807) is 28.8 Å². The molecular formula is C17H15N3O2. The number of benzene rings is 2. The molecule has 5 nitrogen and oxygen atoms in total. The Morgan fingerprint density at radius 2 is 1.73 bits per heavy atom. The number of anilines is 1. The van der Waals surface area contributed by atoms with E-state index in [9.17, 15) is 9.59 Å². The van der Waals surface area contributed by atoms with Crippen LogP contribution in [0.3, 0.4) is 0 Å². The van der Waals surface area contributed by atoms with E-state index in [2.05, 4.69) is 10.3 Å². The molecule has 0 bridgehead atoms. The van der Waals surface area contributed by atoms with Crippen molar-refractivity contribution >= 4 is 28.5 Å². The van der Waals surface area contributed by atoms with Crippen LogP contribution in [0.5, 0.6) is 0 Å². The number of fused-ring (bicyclic) bond motifs is 1. The molecule has 1 aromatic heterocycles. The third-order valence-electron chi connectivity index (χ3n) is 3.38. The van der Waals surface area contributed by atoms with Gasteiger partial charge in [-0.3, -0.25) is 14.2 Å². The molecule has 0 spiro atoms. The van der Waals surface area contributed by atoms with Crippen LogP contribution in [-0.2, 0) is 4.79 Å². The highest BCUT2D eigenvalue weighted by Crippen LogP contribution is 2.18. The van der Waals surface area contributed by atoms with E-state index in [-0.39, 0.29) is 11.8 Å². The van der Waals surface area contributed by atoms with Crippen LogP contribution in [0.25, 0.3) is 11.0 Å². The number of hydrogen-bond donors (Lipinski definition) is 1. The van der Waals surface area contributed by atoms with Gasteiger partial charge in [0.15, 0.2) is 0 Å². The number of para-hydroxylation sites is 2. The monoisotopic (exact) mass is 293 g/mol. The largest absolute Gasteiger partial charge is 0.326 e. The zero-order valence-corrected chi connectivity index (χ0v) is 12.3. The molecule has 3 rings (SSSR count). The Kier molecular flexibility index (Phi) is 3.47. The molecule has 22 heavy (non-hydrogen) atoms. The summed E-state index contributed by atoms with van der Waals surface area (Å²) in [6, 6.07) is 14.3. The van der Waals surface area contributed by atoms with Crippen molar-refractivity contribution in [2.24, 2.45) is 0 Å². The van der Waals surface area contributed by atoms with Crippen LogP contribution in [0, 0.1) is 6.92 Å². The average molecular weight is 293 g/mol. The number of hydrogen-bond acceptors (Lipinski definition) is 3. The standard InChI is InChI=1S/C17H15N3O2/c1-11-18-15-5-3-4-6-16(15)20(11)17(22)13-7-9-14(10-8-13)19-12(2)21/h3-10H,1-2H3,(H,19,21). The third-order valence-corrected chi connectivity index (χ3v) is 3.38. The van der Waals surface area contributed by atoms with E-state index in [1.165, 1.54) is 6.92 Å². The van der Waals surface area contributed by atoms with Gasteiger partial charge in [0, 0.05) is 18.2 Å². The lowest BCUT2D eigenvalue weighted by molar-refractivity contribution is -0.114. The lowest BCUT2D eigenvalue weighted by Gasteiger charge is -2.07. The molecule has 0 aliphatic heterocycles. The van der Waals surface area contributed by atoms with Crippen molar-refractivity contribution < 1.29 is 9.59 Å². The maximum atomic E-state index is 12.7. The highest BCUT2D eigenvalue weighted by molar-refractivity contribution is 6.02. The Balaban J connectivity index is 1.99. The number of nitrogens with zero attached hydrogens (tertiary/aromatic N) is 2. The van der Waals surface area contributed by atoms with E-state index in [0.29, 0.717) is 17.1 Å². The summed E-state index contributed by atoms with van der Waals surface area (Å²) in [4.78, 5) is 28.1. The fraction of sp³-hybridized carbons (Fsp3) is 0.118. The summed E-state index contributed by atoms with van der Waals surface area (Å²) in [5.41, 5.74) is 2.79. The van der Waals surface area contributed by atoms with Gasteiger partial charge in [0.05, 0.1) is 11.0 Å². The van der Waals surface area contributed by atoms with Gasteiger partial charge in [0.2, 0.25) is 5.91 Å². The minimum atomic E-state index is -0.143. The van der Waals surface area contributed by atoms with Crippen molar-refractivity contribution in [1.82, 2.24) is 9.55 Å². The van der Waals surface area contributed by atoms with Gasteiger partial charge in [-0.25, -0.2) is 4.98 Å². The molecule has 1 amide bonds. The summed E-state index contributed by atoms with van der Waals surface area (Å²) in [5.74, 6) is 0.369. The van der Waals surface area contributed by atoms with Crippen molar-refractivity contribution in [3.63, 3.8) is 0 Å². The normalized spacial score (nSPS) is 10.6. The van der Waals surface area contributed by atoms with Gasteiger partial charge in [-0.2, -0.15) is 0 Å². The second kappa shape index (κ2) is 5.44. The Labute approximate surface area is 127 Å². The van der Waals surface area contributed by atoms with Gasteiger partial charge in [0.25, 0.3) is 5.91 Å². The number of aryl methyl sites for hydroxylation is 1. The minimum absolute atomic E-state index is 0.138. The molecule has 1 heterocycles. The molecule has 3 aromatic rings. The zero-order chi connectivity index (χ0) is 15.7. The molecule has 0 saturated carbocycles. The third kappa shape index (κ3) is 2.48. The zero-order valence-electron chi connectivity index (χ0n) is 12.3. The van der Waals surface area contributed by atoms with Gasteiger partial charge in [0.1, 0.15) is 5.82 Å². The van der Waals surface area contributed by atoms with Crippen LogP contribution in [0.15, 0.2) is 48.5 Å². The second-order valence-electron chi connectivity index (χ2n) is 5.05. The van der Waals surface area contributed by atoms with Gasteiger partial charge >= 0.3 is 0 Å². The SMILES string of the molecule is CC(=O)Nc1ccc(C(=O)n2c(C)nc3ccccc32)cc1. The molecule has 0 saturated heterocycles. The first-order valence-electron chi connectivity index (χ1n) is 6.92. The van der Waals surface area contributed by atoms with Crippen LogP contribution in [0.1, 0.15) is 23.1 Å². The maximum Gasteiger partial charge on any atom is 0.263 e. The van der Waals surface area contributed by atoms with Crippen LogP contribution in [0.4, 0.5) is 5.69 Å². The van der Waals surface area contributed by atoms with Gasteiger partial charge in [-0.15, -0.1) is 0 Å². The molecule has 1 N–H and O–H groups in total. The fourth-order valence-corrected chi connectivity index (χ4v) is 2.43. The van der Waals surface area contributed by atoms with Crippen molar-refractivity contribution in [3.8, 4) is 0 Å². The van der Waals surface area contributed by atoms with E-state index in [4.69, 9.17) is 0 Å². The molecule has 5 heteroatoms. The summed E-state index contributed by atoms with van der Waals surface area (Å²) in [6.07, 6.45) is 0. The predicted octanol–water partition coefficient (Wildman–Crippen LogP) is 2.99. The lowest BCUT2D eigenvalue weighted by atomic mass is 10.2. The van der Waals surface area contributed by atoms with Crippen LogP contribution >= 0.6 is 0 Å². The van der Waals surface area contributed by atoms with Crippen LogP contribution in [0.2, 0.25) is 0 Å². The Morgan fingerprint density at radius 1 is 1.05 bits per heavy atom. The summed E-state index contributed by atoms with van der Waals surface area (Å²) >= 11 is 0. The summed E-state index contributed by atoms with van der Waals surface area (Å²) in [5, 5.41) is 2.68. The van der Waals surface area contributed by atoms with Gasteiger partial charge < -0.3 is 5.32 Å². The molecule has 0 atom stereocenters. The topological polar surface area (TPSA) is 64.0 Å². The van der Waals surface area contributed by atoms with E-state index in [0.717, 1.165) is 11.0 Å². The number of aromatic nitrogens is 2. The van der Waals surface area contributed by atoms with Crippen molar-refractivity contribution in [2.45, 2.75) is 13.8 Å². The number of carbonyl (C=O) groups is 2. The molecule has 0 fully saturated rings. The predicted molar refractivity (Wildman–Crippen MR) is 84.9 cm³/mol. The smallest absolute Gasteiger partial charge is 0.263 e. The van der Waals surface area contributed by atoms with E-state index < -0.39 is 0 Å². The summed E-state index contributed by atoms with van der Waals surface area (Å²) in [6.45, 7) is 3.25. The number of nitrogens with one attached hydrogen (secondary N) is 1. The molecule has 110 valence electrons. The number of amides is 1. The summed E-state index contributed by atoms with van der Waals surface area (Å²) < 4.78 is 1.60. The fourth-order valence-electron chi connectivity index (χ4n) is 2.43.